The van der Waals surface area contributed by atoms with Gasteiger partial charge in [-0.2, -0.15) is 0 Å². The fourth-order valence-electron chi connectivity index (χ4n) is 2.09. The quantitative estimate of drug-likeness (QED) is 0.800. The number of thiocarbonyl (C=S) groups is 1. The Labute approximate surface area is 142 Å². The molecule has 1 aromatic heterocycles. The van der Waals surface area contributed by atoms with E-state index in [1.165, 1.54) is 18.4 Å². The largest absolute Gasteiger partial charge is 0.316 e. The molecule has 1 aromatic carbocycles. The van der Waals surface area contributed by atoms with Gasteiger partial charge in [-0.3, -0.25) is 10.1 Å². The Morgan fingerprint density at radius 2 is 2.00 bits per heavy atom. The van der Waals surface area contributed by atoms with Gasteiger partial charge in [-0.1, -0.05) is 18.2 Å². The van der Waals surface area contributed by atoms with Crippen LogP contribution in [-0.2, 0) is 0 Å². The summed E-state index contributed by atoms with van der Waals surface area (Å²) < 4.78 is 0.841. The molecule has 1 fully saturated rings. The summed E-state index contributed by atoms with van der Waals surface area (Å²) in [7, 11) is 0. The Hall–Kier alpha value is -1.79. The Bertz CT molecular complexity index is 717. The van der Waals surface area contributed by atoms with Gasteiger partial charge in [0, 0.05) is 11.8 Å². The molecular weight excluding hydrogens is 362 g/mol. The van der Waals surface area contributed by atoms with Crippen LogP contribution >= 0.6 is 28.1 Å². The molecule has 4 nitrogen and oxygen atoms in total. The van der Waals surface area contributed by atoms with Gasteiger partial charge in [0.05, 0.1) is 4.47 Å². The standard InChI is InChI=1S/C16H14BrN3OS/c17-13-8-12(10-6-7-10)9-18-14(13)19-16(22)20-15(21)11-4-2-1-3-5-11/h1-5,8-10H,6-7H2,(H2,18,19,20,21,22). The number of pyridine rings is 1. The molecule has 0 spiro atoms. The van der Waals surface area contributed by atoms with E-state index < -0.39 is 0 Å². The zero-order chi connectivity index (χ0) is 15.5. The second-order valence-corrected chi connectivity index (χ2v) is 6.41. The minimum atomic E-state index is -0.246. The van der Waals surface area contributed by atoms with Crippen molar-refractivity contribution in [3.05, 3.63) is 58.2 Å². The van der Waals surface area contributed by atoms with Crippen molar-refractivity contribution in [2.45, 2.75) is 18.8 Å². The van der Waals surface area contributed by atoms with Gasteiger partial charge >= 0.3 is 0 Å². The van der Waals surface area contributed by atoms with Gasteiger partial charge in [0.15, 0.2) is 5.11 Å². The average molecular weight is 376 g/mol. The van der Waals surface area contributed by atoms with Crippen LogP contribution in [0.1, 0.15) is 34.7 Å². The molecule has 6 heteroatoms. The SMILES string of the molecule is O=C(NC(=S)Nc1ncc(C2CC2)cc1Br)c1ccccc1. The minimum Gasteiger partial charge on any atom is -0.316 e. The first kappa shape index (κ1) is 15.1. The number of hydrogen-bond donors (Lipinski definition) is 2. The van der Waals surface area contributed by atoms with Crippen molar-refractivity contribution in [1.82, 2.24) is 10.3 Å². The molecule has 1 saturated carbocycles. The molecule has 0 atom stereocenters. The molecule has 2 N–H and O–H groups in total. The summed E-state index contributed by atoms with van der Waals surface area (Å²) in [6.45, 7) is 0. The molecule has 0 radical (unpaired) electrons. The number of rotatable bonds is 3. The summed E-state index contributed by atoms with van der Waals surface area (Å²) in [4.78, 5) is 16.4. The lowest BCUT2D eigenvalue weighted by Gasteiger charge is -2.11. The topological polar surface area (TPSA) is 54.0 Å². The highest BCUT2D eigenvalue weighted by Gasteiger charge is 2.24. The molecule has 112 valence electrons. The number of benzene rings is 1. The molecule has 0 unspecified atom stereocenters. The molecule has 1 aliphatic rings. The number of nitrogens with zero attached hydrogens (tertiary/aromatic N) is 1. The van der Waals surface area contributed by atoms with Crippen molar-refractivity contribution in [2.24, 2.45) is 0 Å². The third-order valence-corrected chi connectivity index (χ3v) is 4.21. The lowest BCUT2D eigenvalue weighted by atomic mass is 10.2. The van der Waals surface area contributed by atoms with Crippen LogP contribution < -0.4 is 10.6 Å². The number of nitrogens with one attached hydrogen (secondary N) is 2. The normalized spacial score (nSPS) is 13.5. The first-order valence-electron chi connectivity index (χ1n) is 6.96. The Morgan fingerprint density at radius 3 is 2.64 bits per heavy atom. The Morgan fingerprint density at radius 1 is 1.27 bits per heavy atom. The summed E-state index contributed by atoms with van der Waals surface area (Å²) in [6, 6.07) is 11.0. The maximum absolute atomic E-state index is 12.0. The zero-order valence-electron chi connectivity index (χ0n) is 11.7. The highest BCUT2D eigenvalue weighted by Crippen LogP contribution is 2.41. The highest BCUT2D eigenvalue weighted by molar-refractivity contribution is 9.10. The number of carbonyl (C=O) groups excluding carboxylic acids is 1. The van der Waals surface area contributed by atoms with E-state index in [0.717, 1.165) is 4.47 Å². The smallest absolute Gasteiger partial charge is 0.257 e. The predicted octanol–water partition coefficient (Wildman–Crippen LogP) is 3.85. The Balaban J connectivity index is 1.63. The second kappa shape index (κ2) is 6.54. The molecule has 0 bridgehead atoms. The third kappa shape index (κ3) is 3.69. The van der Waals surface area contributed by atoms with Crippen LogP contribution in [0.5, 0.6) is 0 Å². The van der Waals surface area contributed by atoms with E-state index in [9.17, 15) is 4.79 Å². The second-order valence-electron chi connectivity index (χ2n) is 5.15. The fraction of sp³-hybridized carbons (Fsp3) is 0.188. The molecular formula is C16H14BrN3OS. The third-order valence-electron chi connectivity index (χ3n) is 3.41. The van der Waals surface area contributed by atoms with Gasteiger partial charge in [-0.25, -0.2) is 4.98 Å². The van der Waals surface area contributed by atoms with E-state index in [1.54, 1.807) is 24.3 Å². The van der Waals surface area contributed by atoms with Gasteiger partial charge in [0.1, 0.15) is 5.82 Å². The van der Waals surface area contributed by atoms with Crippen LogP contribution in [0, 0.1) is 0 Å². The van der Waals surface area contributed by atoms with Gasteiger partial charge in [-0.15, -0.1) is 0 Å². The monoisotopic (exact) mass is 375 g/mol. The molecule has 2 aromatic rings. The maximum Gasteiger partial charge on any atom is 0.257 e. The molecule has 1 aliphatic carbocycles. The van der Waals surface area contributed by atoms with Crippen LogP contribution in [0.25, 0.3) is 0 Å². The summed E-state index contributed by atoms with van der Waals surface area (Å²) in [5.41, 5.74) is 1.79. The van der Waals surface area contributed by atoms with E-state index >= 15 is 0 Å². The summed E-state index contributed by atoms with van der Waals surface area (Å²) in [5, 5.41) is 5.80. The molecule has 1 amide bonds. The fourth-order valence-corrected chi connectivity index (χ4v) is 2.74. The van der Waals surface area contributed by atoms with Crippen LogP contribution in [0.15, 0.2) is 47.1 Å². The first-order chi connectivity index (χ1) is 10.6. The number of hydrogen-bond acceptors (Lipinski definition) is 3. The lowest BCUT2D eigenvalue weighted by Crippen LogP contribution is -2.34. The predicted molar refractivity (Wildman–Crippen MR) is 94.0 cm³/mol. The van der Waals surface area contributed by atoms with Crippen molar-refractivity contribution in [3.63, 3.8) is 0 Å². The van der Waals surface area contributed by atoms with Gasteiger partial charge in [0.25, 0.3) is 5.91 Å². The van der Waals surface area contributed by atoms with Crippen molar-refractivity contribution >= 4 is 45.0 Å². The number of amides is 1. The van der Waals surface area contributed by atoms with E-state index in [-0.39, 0.29) is 11.0 Å². The maximum atomic E-state index is 12.0. The van der Waals surface area contributed by atoms with E-state index in [0.29, 0.717) is 17.3 Å². The number of carbonyl (C=O) groups is 1. The van der Waals surface area contributed by atoms with E-state index in [1.807, 2.05) is 12.3 Å². The first-order valence-corrected chi connectivity index (χ1v) is 8.16. The zero-order valence-corrected chi connectivity index (χ0v) is 14.1. The summed E-state index contributed by atoms with van der Waals surface area (Å²) >= 11 is 8.65. The van der Waals surface area contributed by atoms with Crippen LogP contribution in [0.3, 0.4) is 0 Å². The number of aromatic nitrogens is 1. The molecule has 0 saturated heterocycles. The number of halogens is 1. The summed E-state index contributed by atoms with van der Waals surface area (Å²) in [5.74, 6) is 0.995. The molecule has 0 aliphatic heterocycles. The average Bonchev–Trinajstić information content (AvgIpc) is 3.35. The van der Waals surface area contributed by atoms with Crippen LogP contribution in [-0.4, -0.2) is 16.0 Å². The van der Waals surface area contributed by atoms with Crippen LogP contribution in [0.2, 0.25) is 0 Å². The van der Waals surface area contributed by atoms with E-state index in [4.69, 9.17) is 12.2 Å². The van der Waals surface area contributed by atoms with Crippen LogP contribution in [0.4, 0.5) is 5.82 Å². The van der Waals surface area contributed by atoms with Gasteiger partial charge < -0.3 is 5.32 Å². The van der Waals surface area contributed by atoms with E-state index in [2.05, 4.69) is 37.6 Å². The lowest BCUT2D eigenvalue weighted by molar-refractivity contribution is 0.0977. The Kier molecular flexibility index (Phi) is 4.49. The van der Waals surface area contributed by atoms with Gasteiger partial charge in [-0.05, 0) is 70.7 Å². The highest BCUT2D eigenvalue weighted by atomic mass is 79.9. The minimum absolute atomic E-state index is 0.223. The van der Waals surface area contributed by atoms with Crippen molar-refractivity contribution < 1.29 is 4.79 Å². The molecule has 1 heterocycles. The molecule has 22 heavy (non-hydrogen) atoms. The molecule has 3 rings (SSSR count). The van der Waals surface area contributed by atoms with Crippen molar-refractivity contribution in [1.29, 1.82) is 0 Å². The summed E-state index contributed by atoms with van der Waals surface area (Å²) in [6.07, 6.45) is 4.31. The van der Waals surface area contributed by atoms with Gasteiger partial charge in [0.2, 0.25) is 0 Å². The van der Waals surface area contributed by atoms with Crippen molar-refractivity contribution in [3.8, 4) is 0 Å². The van der Waals surface area contributed by atoms with Crippen molar-refractivity contribution in [2.75, 3.05) is 5.32 Å². The number of anilines is 1.